The molecule has 2 aromatic carbocycles. The second kappa shape index (κ2) is 6.39. The van der Waals surface area contributed by atoms with Gasteiger partial charge in [-0.2, -0.15) is 10.1 Å². The molecule has 0 radical (unpaired) electrons. The summed E-state index contributed by atoms with van der Waals surface area (Å²) in [5.41, 5.74) is 3.94. The Balaban J connectivity index is 1.78. The monoisotopic (exact) mass is 309 g/mol. The van der Waals surface area contributed by atoms with Gasteiger partial charge in [-0.25, -0.2) is 4.39 Å². The fourth-order valence-corrected chi connectivity index (χ4v) is 2.27. The Morgan fingerprint density at radius 1 is 0.870 bits per heavy atom. The minimum absolute atomic E-state index is 0.284. The molecule has 0 spiro atoms. The van der Waals surface area contributed by atoms with Crippen LogP contribution in [0.25, 0.3) is 0 Å². The first-order valence-corrected chi connectivity index (χ1v) is 7.16. The van der Waals surface area contributed by atoms with Crippen LogP contribution in [0.15, 0.2) is 48.7 Å². The van der Waals surface area contributed by atoms with Crippen molar-refractivity contribution in [2.75, 3.05) is 10.6 Å². The third kappa shape index (κ3) is 4.00. The summed E-state index contributed by atoms with van der Waals surface area (Å²) < 4.78 is 12.9. The zero-order valence-electron chi connectivity index (χ0n) is 12.8. The average Bonchev–Trinajstić information content (AvgIpc) is 2.49. The summed E-state index contributed by atoms with van der Waals surface area (Å²) in [6.45, 7) is 4.06. The molecule has 3 aromatic rings. The van der Waals surface area contributed by atoms with Gasteiger partial charge in [0.15, 0.2) is 5.82 Å². The van der Waals surface area contributed by atoms with Crippen molar-refractivity contribution in [3.8, 4) is 0 Å². The van der Waals surface area contributed by atoms with E-state index < -0.39 is 0 Å². The van der Waals surface area contributed by atoms with E-state index in [9.17, 15) is 4.39 Å². The lowest BCUT2D eigenvalue weighted by molar-refractivity contribution is 0.628. The maximum Gasteiger partial charge on any atom is 0.249 e. The van der Waals surface area contributed by atoms with Crippen molar-refractivity contribution < 1.29 is 4.39 Å². The van der Waals surface area contributed by atoms with Crippen molar-refractivity contribution in [3.05, 3.63) is 65.6 Å². The summed E-state index contributed by atoms with van der Waals surface area (Å²) in [5.74, 6) is 0.633. The number of rotatable bonds is 4. The summed E-state index contributed by atoms with van der Waals surface area (Å²) in [6, 6.07) is 12.1. The maximum atomic E-state index is 12.9. The third-order valence-electron chi connectivity index (χ3n) is 3.15. The Hall–Kier alpha value is -3.02. The van der Waals surface area contributed by atoms with Gasteiger partial charge >= 0.3 is 0 Å². The van der Waals surface area contributed by atoms with Crippen LogP contribution >= 0.6 is 0 Å². The molecule has 5 nitrogen and oxygen atoms in total. The van der Waals surface area contributed by atoms with Crippen molar-refractivity contribution in [1.82, 2.24) is 15.2 Å². The Morgan fingerprint density at radius 2 is 1.57 bits per heavy atom. The second-order valence-corrected chi connectivity index (χ2v) is 5.30. The lowest BCUT2D eigenvalue weighted by Gasteiger charge is -2.09. The topological polar surface area (TPSA) is 62.7 Å². The van der Waals surface area contributed by atoms with E-state index >= 15 is 0 Å². The van der Waals surface area contributed by atoms with Gasteiger partial charge in [-0.1, -0.05) is 6.07 Å². The van der Waals surface area contributed by atoms with Gasteiger partial charge in [-0.05, 0) is 61.4 Å². The number of benzene rings is 2. The Bertz CT molecular complexity index is 797. The summed E-state index contributed by atoms with van der Waals surface area (Å²) in [6.07, 6.45) is 1.51. The zero-order valence-corrected chi connectivity index (χ0v) is 12.8. The quantitative estimate of drug-likeness (QED) is 0.759. The first-order chi connectivity index (χ1) is 11.1. The predicted octanol–water partition coefficient (Wildman–Crippen LogP) is 4.11. The summed E-state index contributed by atoms with van der Waals surface area (Å²) >= 11 is 0. The van der Waals surface area contributed by atoms with E-state index in [1.54, 1.807) is 12.1 Å². The molecule has 116 valence electrons. The van der Waals surface area contributed by atoms with Gasteiger partial charge in [0.25, 0.3) is 0 Å². The molecule has 0 atom stereocenters. The highest BCUT2D eigenvalue weighted by molar-refractivity contribution is 5.59. The van der Waals surface area contributed by atoms with Crippen LogP contribution in [0.5, 0.6) is 0 Å². The van der Waals surface area contributed by atoms with Gasteiger partial charge in [0.2, 0.25) is 5.95 Å². The van der Waals surface area contributed by atoms with Gasteiger partial charge in [0.1, 0.15) is 5.82 Å². The van der Waals surface area contributed by atoms with Crippen LogP contribution in [0.1, 0.15) is 11.1 Å². The standard InChI is InChI=1S/C17H16FN5/c1-11-7-12(2)9-15(8-11)21-17-22-16(10-19-23-17)20-14-5-3-13(18)4-6-14/h3-10H,1-2H3,(H2,20,21,22,23). The Labute approximate surface area is 133 Å². The first kappa shape index (κ1) is 14.9. The van der Waals surface area contributed by atoms with Crippen molar-refractivity contribution in [2.24, 2.45) is 0 Å². The minimum Gasteiger partial charge on any atom is -0.339 e. The van der Waals surface area contributed by atoms with Gasteiger partial charge in [-0.15, -0.1) is 5.10 Å². The van der Waals surface area contributed by atoms with Crippen LogP contribution in [0.4, 0.5) is 27.5 Å². The second-order valence-electron chi connectivity index (χ2n) is 5.30. The van der Waals surface area contributed by atoms with Crippen LogP contribution in [0, 0.1) is 19.7 Å². The zero-order chi connectivity index (χ0) is 16.2. The van der Waals surface area contributed by atoms with E-state index in [0.29, 0.717) is 11.8 Å². The molecule has 2 N–H and O–H groups in total. The van der Waals surface area contributed by atoms with E-state index in [0.717, 1.165) is 22.5 Å². The highest BCUT2D eigenvalue weighted by atomic mass is 19.1. The molecule has 0 amide bonds. The highest BCUT2D eigenvalue weighted by Gasteiger charge is 2.03. The third-order valence-corrected chi connectivity index (χ3v) is 3.15. The van der Waals surface area contributed by atoms with Crippen molar-refractivity contribution >= 4 is 23.1 Å². The van der Waals surface area contributed by atoms with Gasteiger partial charge in [0, 0.05) is 11.4 Å². The average molecular weight is 309 g/mol. The molecular formula is C17H16FN5. The van der Waals surface area contributed by atoms with E-state index in [1.165, 1.54) is 18.3 Å². The first-order valence-electron chi connectivity index (χ1n) is 7.16. The molecule has 23 heavy (non-hydrogen) atoms. The lowest BCUT2D eigenvalue weighted by Crippen LogP contribution is -2.02. The van der Waals surface area contributed by atoms with Crippen molar-refractivity contribution in [1.29, 1.82) is 0 Å². The lowest BCUT2D eigenvalue weighted by atomic mass is 10.1. The van der Waals surface area contributed by atoms with Gasteiger partial charge in [-0.3, -0.25) is 0 Å². The number of aryl methyl sites for hydroxylation is 2. The van der Waals surface area contributed by atoms with E-state index in [-0.39, 0.29) is 5.82 Å². The summed E-state index contributed by atoms with van der Waals surface area (Å²) in [5, 5.41) is 14.1. The Morgan fingerprint density at radius 3 is 2.26 bits per heavy atom. The molecule has 0 aliphatic carbocycles. The number of halogens is 1. The molecule has 3 rings (SSSR count). The molecule has 0 fully saturated rings. The minimum atomic E-state index is -0.284. The number of aromatic nitrogens is 3. The molecule has 0 unspecified atom stereocenters. The number of hydrogen-bond donors (Lipinski definition) is 2. The van der Waals surface area contributed by atoms with Crippen molar-refractivity contribution in [3.63, 3.8) is 0 Å². The molecule has 1 heterocycles. The summed E-state index contributed by atoms with van der Waals surface area (Å²) in [7, 11) is 0. The SMILES string of the molecule is Cc1cc(C)cc(Nc2nncc(Nc3ccc(F)cc3)n2)c1. The normalized spacial score (nSPS) is 10.4. The number of hydrogen-bond acceptors (Lipinski definition) is 5. The van der Waals surface area contributed by atoms with E-state index in [1.807, 2.05) is 26.0 Å². The molecular weight excluding hydrogens is 293 g/mol. The van der Waals surface area contributed by atoms with Crippen LogP contribution in [0.2, 0.25) is 0 Å². The Kier molecular flexibility index (Phi) is 4.14. The molecule has 0 bridgehead atoms. The fourth-order valence-electron chi connectivity index (χ4n) is 2.27. The highest BCUT2D eigenvalue weighted by Crippen LogP contribution is 2.19. The smallest absolute Gasteiger partial charge is 0.249 e. The molecule has 6 heteroatoms. The van der Waals surface area contributed by atoms with Crippen LogP contribution in [0.3, 0.4) is 0 Å². The fraction of sp³-hybridized carbons (Fsp3) is 0.118. The number of nitrogens with one attached hydrogen (secondary N) is 2. The molecule has 0 aliphatic rings. The van der Waals surface area contributed by atoms with Gasteiger partial charge < -0.3 is 10.6 Å². The largest absolute Gasteiger partial charge is 0.339 e. The van der Waals surface area contributed by atoms with Crippen molar-refractivity contribution in [2.45, 2.75) is 13.8 Å². The van der Waals surface area contributed by atoms with Crippen LogP contribution in [-0.4, -0.2) is 15.2 Å². The van der Waals surface area contributed by atoms with Gasteiger partial charge in [0.05, 0.1) is 6.20 Å². The molecule has 0 saturated carbocycles. The number of nitrogens with zero attached hydrogens (tertiary/aromatic N) is 3. The predicted molar refractivity (Wildman–Crippen MR) is 88.7 cm³/mol. The van der Waals surface area contributed by atoms with Crippen LogP contribution < -0.4 is 10.6 Å². The molecule has 1 aromatic heterocycles. The number of anilines is 4. The molecule has 0 aliphatic heterocycles. The molecule has 0 saturated heterocycles. The van der Waals surface area contributed by atoms with Crippen LogP contribution in [-0.2, 0) is 0 Å². The summed E-state index contributed by atoms with van der Waals surface area (Å²) in [4.78, 5) is 4.36. The van der Waals surface area contributed by atoms with E-state index in [4.69, 9.17) is 0 Å². The maximum absolute atomic E-state index is 12.9. The van der Waals surface area contributed by atoms with E-state index in [2.05, 4.69) is 31.9 Å².